The summed E-state index contributed by atoms with van der Waals surface area (Å²) >= 11 is 7.99. The summed E-state index contributed by atoms with van der Waals surface area (Å²) in [7, 11) is 0. The number of piperidine rings is 1. The third-order valence-corrected chi connectivity index (χ3v) is 11.2. The first-order valence-electron chi connectivity index (χ1n) is 18.9. The molecule has 55 heavy (non-hydrogen) atoms. The lowest BCUT2D eigenvalue weighted by atomic mass is 9.88. The van der Waals surface area contributed by atoms with Crippen LogP contribution in [0.4, 0.5) is 0 Å². The molecule has 0 aliphatic carbocycles. The van der Waals surface area contributed by atoms with Gasteiger partial charge in [-0.25, -0.2) is 0 Å². The minimum Gasteiger partial charge on any atom is -0.508 e. The molecule has 2 heterocycles. The fourth-order valence-corrected chi connectivity index (χ4v) is 8.35. The molecule has 0 aromatic heterocycles. The van der Waals surface area contributed by atoms with Crippen LogP contribution < -0.4 is 15.4 Å². The number of thioether (sulfide) groups is 1. The van der Waals surface area contributed by atoms with E-state index in [1.54, 1.807) is 28.8 Å². The van der Waals surface area contributed by atoms with E-state index in [2.05, 4.69) is 22.8 Å². The first kappa shape index (κ1) is 39.6. The first-order chi connectivity index (χ1) is 26.8. The van der Waals surface area contributed by atoms with Crippen LogP contribution in [-0.2, 0) is 20.9 Å². The molecule has 286 valence electrons. The largest absolute Gasteiger partial charge is 0.508 e. The average Bonchev–Trinajstić information content (AvgIpc) is 3.53. The molecule has 0 radical (unpaired) electrons. The fraction of sp³-hybridized carbons (Fsp3) is 0.318. The zero-order valence-electron chi connectivity index (χ0n) is 30.7. The van der Waals surface area contributed by atoms with E-state index in [0.717, 1.165) is 69.7 Å². The van der Waals surface area contributed by atoms with Crippen molar-refractivity contribution in [2.75, 3.05) is 24.8 Å². The van der Waals surface area contributed by atoms with Crippen LogP contribution in [0.1, 0.15) is 84.0 Å². The summed E-state index contributed by atoms with van der Waals surface area (Å²) in [4.78, 5) is 52.2. The molecule has 1 saturated heterocycles. The van der Waals surface area contributed by atoms with Gasteiger partial charge >= 0.3 is 0 Å². The number of fused-ring (bicyclic) bond motifs is 1. The Morgan fingerprint density at radius 3 is 2.31 bits per heavy atom. The number of allylic oxidation sites excluding steroid dienone is 1. The number of carbonyl (C=O) groups excluding carboxylic acids is 4. The van der Waals surface area contributed by atoms with Crippen molar-refractivity contribution in [1.29, 1.82) is 0 Å². The normalized spacial score (nSPS) is 15.7. The van der Waals surface area contributed by atoms with Crippen molar-refractivity contribution >= 4 is 58.1 Å². The molecule has 1 fully saturated rings. The van der Waals surface area contributed by atoms with Gasteiger partial charge in [-0.3, -0.25) is 24.5 Å². The summed E-state index contributed by atoms with van der Waals surface area (Å²) in [6.07, 6.45) is 5.46. The monoisotopic (exact) mass is 779 g/mol. The molecule has 1 unspecified atom stereocenters. The second-order valence-electron chi connectivity index (χ2n) is 13.6. The molecule has 2 aliphatic rings. The predicted octanol–water partition coefficient (Wildman–Crippen LogP) is 7.98. The minimum absolute atomic E-state index is 0.00909. The van der Waals surface area contributed by atoms with E-state index in [-0.39, 0.29) is 29.9 Å². The van der Waals surface area contributed by atoms with Gasteiger partial charge in [0.1, 0.15) is 24.1 Å². The predicted molar refractivity (Wildman–Crippen MR) is 217 cm³/mol. The van der Waals surface area contributed by atoms with Crippen molar-refractivity contribution in [3.05, 3.63) is 125 Å². The maximum absolute atomic E-state index is 13.1. The lowest BCUT2D eigenvalue weighted by Gasteiger charge is -2.29. The van der Waals surface area contributed by atoms with E-state index >= 15 is 0 Å². The molecular weight excluding hydrogens is 734 g/mol. The van der Waals surface area contributed by atoms with Gasteiger partial charge in [-0.15, -0.1) is 23.4 Å². The lowest BCUT2D eigenvalue weighted by molar-refractivity contribution is -0.137. The molecule has 3 N–H and O–H groups in total. The Labute approximate surface area is 331 Å². The third kappa shape index (κ3) is 10.4. The van der Waals surface area contributed by atoms with Crippen LogP contribution in [-0.4, -0.2) is 64.5 Å². The van der Waals surface area contributed by atoms with Gasteiger partial charge in [0.05, 0.1) is 6.54 Å². The van der Waals surface area contributed by atoms with E-state index in [1.807, 2.05) is 72.8 Å². The number of alkyl halides is 1. The number of amides is 4. The van der Waals surface area contributed by atoms with E-state index in [0.29, 0.717) is 56.2 Å². The van der Waals surface area contributed by atoms with Crippen molar-refractivity contribution < 1.29 is 29.0 Å². The highest BCUT2D eigenvalue weighted by atomic mass is 35.5. The van der Waals surface area contributed by atoms with Gasteiger partial charge in [0, 0.05) is 35.7 Å². The van der Waals surface area contributed by atoms with E-state index in [1.165, 1.54) is 0 Å². The number of phenolic OH excluding ortho intramolecular Hbond substituents is 1. The summed E-state index contributed by atoms with van der Waals surface area (Å²) in [6, 6.07) is 30.4. The van der Waals surface area contributed by atoms with Crippen molar-refractivity contribution in [2.45, 2.75) is 68.8 Å². The highest BCUT2D eigenvalue weighted by Crippen LogP contribution is 2.37. The van der Waals surface area contributed by atoms with Crippen LogP contribution in [0.25, 0.3) is 11.1 Å². The third-order valence-electron chi connectivity index (χ3n) is 9.86. The molecule has 1 atom stereocenters. The molecule has 4 aromatic rings. The van der Waals surface area contributed by atoms with Gasteiger partial charge in [-0.1, -0.05) is 73.5 Å². The van der Waals surface area contributed by atoms with Crippen LogP contribution in [0.15, 0.2) is 102 Å². The number of imide groups is 1. The Kier molecular flexibility index (Phi) is 14.1. The molecule has 2 aliphatic heterocycles. The van der Waals surface area contributed by atoms with Crippen molar-refractivity contribution in [1.82, 2.24) is 15.5 Å². The number of benzene rings is 4. The molecular formula is C44H46ClN3O6S. The highest BCUT2D eigenvalue weighted by Gasteiger charge is 2.39. The van der Waals surface area contributed by atoms with Crippen LogP contribution in [0.2, 0.25) is 0 Å². The Bertz CT molecular complexity index is 2000. The number of carbonyl (C=O) groups is 4. The van der Waals surface area contributed by atoms with Crippen LogP contribution in [0.3, 0.4) is 0 Å². The second kappa shape index (κ2) is 19.5. The molecule has 4 aromatic carbocycles. The number of ether oxygens (including phenoxy) is 1. The quantitative estimate of drug-likeness (QED) is 0.0308. The van der Waals surface area contributed by atoms with E-state index in [4.69, 9.17) is 16.3 Å². The van der Waals surface area contributed by atoms with Gasteiger partial charge in [0.15, 0.2) is 0 Å². The zero-order chi connectivity index (χ0) is 38.6. The van der Waals surface area contributed by atoms with Gasteiger partial charge < -0.3 is 20.1 Å². The number of rotatable bonds is 18. The van der Waals surface area contributed by atoms with Crippen molar-refractivity contribution in [2.24, 2.45) is 0 Å². The number of halogens is 1. The number of unbranched alkanes of at least 4 members (excludes halogenated alkanes) is 3. The van der Waals surface area contributed by atoms with Crippen LogP contribution >= 0.6 is 23.4 Å². The Balaban J connectivity index is 0.900. The average molecular weight is 780 g/mol. The maximum atomic E-state index is 13.1. The number of hydrogen-bond donors (Lipinski definition) is 3. The number of nitrogens with zero attached hydrogens (tertiary/aromatic N) is 1. The van der Waals surface area contributed by atoms with Crippen molar-refractivity contribution in [3.8, 4) is 11.5 Å². The Hall–Kier alpha value is -5.06. The molecule has 0 spiro atoms. The number of phenols is 1. The summed E-state index contributed by atoms with van der Waals surface area (Å²) in [5, 5.41) is 15.2. The second-order valence-corrected chi connectivity index (χ2v) is 15.1. The maximum Gasteiger partial charge on any atom is 0.255 e. The lowest BCUT2D eigenvalue weighted by Crippen LogP contribution is -2.52. The summed E-state index contributed by atoms with van der Waals surface area (Å²) in [6.45, 7) is 1.14. The van der Waals surface area contributed by atoms with Gasteiger partial charge in [-0.05, 0) is 101 Å². The smallest absolute Gasteiger partial charge is 0.255 e. The zero-order valence-corrected chi connectivity index (χ0v) is 32.3. The van der Waals surface area contributed by atoms with E-state index < -0.39 is 11.9 Å². The van der Waals surface area contributed by atoms with Gasteiger partial charge in [0.2, 0.25) is 17.7 Å². The first-order valence-corrected chi connectivity index (χ1v) is 20.4. The molecule has 11 heteroatoms. The molecule has 6 rings (SSSR count). The van der Waals surface area contributed by atoms with Gasteiger partial charge in [-0.2, -0.15) is 0 Å². The molecule has 4 amide bonds. The fourth-order valence-electron chi connectivity index (χ4n) is 7.07. The highest BCUT2D eigenvalue weighted by molar-refractivity contribution is 7.99. The topological polar surface area (TPSA) is 125 Å². The Morgan fingerprint density at radius 1 is 0.855 bits per heavy atom. The molecule has 0 saturated carbocycles. The summed E-state index contributed by atoms with van der Waals surface area (Å²) < 4.78 is 5.95. The summed E-state index contributed by atoms with van der Waals surface area (Å²) in [5.74, 6) is 1.44. The molecule has 9 nitrogen and oxygen atoms in total. The number of nitrogens with one attached hydrogen (secondary N) is 2. The van der Waals surface area contributed by atoms with Crippen LogP contribution in [0.5, 0.6) is 11.5 Å². The van der Waals surface area contributed by atoms with Crippen LogP contribution in [0, 0.1) is 0 Å². The van der Waals surface area contributed by atoms with Crippen molar-refractivity contribution in [3.63, 3.8) is 0 Å². The van der Waals surface area contributed by atoms with E-state index in [9.17, 15) is 24.3 Å². The minimum atomic E-state index is -0.616. The molecule has 0 bridgehead atoms. The number of aromatic hydroxyl groups is 1. The van der Waals surface area contributed by atoms with Gasteiger partial charge in [0.25, 0.3) is 5.91 Å². The standard InChI is InChI=1S/C44H46ClN3O6S/c45-25-24-35(30-9-4-3-5-10-30)42(31-14-18-33(49)19-15-31)32-16-20-34(21-17-32)54-27-26-46-40(50)13-6-1-2-7-28-55-39-12-8-11-36-37(39)29-48(44(36)53)38-22-23-41(51)47-43(38)52/h3-5,8-12,14-21,38,49H,1-2,6-7,13,22-29H2,(H,46,50)(H,47,51,52). The summed E-state index contributed by atoms with van der Waals surface area (Å²) in [5.41, 5.74) is 6.82. The number of hydrogen-bond acceptors (Lipinski definition) is 7. The Morgan fingerprint density at radius 2 is 1.58 bits per heavy atom. The SMILES string of the molecule is O=C(CCCCCCSc1cccc2c1CN(C1CCC(=O)NC1=O)C2=O)NCCOc1ccc(C(=C(CCCl)c2ccccc2)c2ccc(O)cc2)cc1.